The van der Waals surface area contributed by atoms with Gasteiger partial charge in [0.05, 0.1) is 70.2 Å². The lowest BCUT2D eigenvalue weighted by molar-refractivity contribution is -0.983. The molecule has 27 N–H and O–H groups in total. The molecule has 17 atom stereocenters. The Morgan fingerprint density at radius 3 is 1.68 bits per heavy atom. The normalized spacial score (nSPS) is 24.7. The lowest BCUT2D eigenvalue weighted by Gasteiger charge is -2.54. The minimum absolute atomic E-state index is 0.0275. The average Bonchev–Trinajstić information content (AvgIpc) is 0.748. The van der Waals surface area contributed by atoms with Gasteiger partial charge in [0.2, 0.25) is 83.7 Å². The van der Waals surface area contributed by atoms with E-state index >= 15 is 0 Å². The van der Waals surface area contributed by atoms with Crippen LogP contribution in [0.15, 0.2) is 0 Å². The molecular weight excluding hydrogens is 1430 g/mol. The van der Waals surface area contributed by atoms with Crippen LogP contribution in [0.3, 0.4) is 0 Å². The van der Waals surface area contributed by atoms with E-state index in [9.17, 15) is 128 Å². The van der Waals surface area contributed by atoms with Gasteiger partial charge in [-0.25, -0.2) is 10.1 Å². The number of nitrogens with zero attached hydrogens (tertiary/aromatic N) is 2. The minimum Gasteiger partial charge on any atom is -0.481 e. The molecule has 0 bridgehead atoms. The van der Waals surface area contributed by atoms with Crippen LogP contribution in [-0.4, -0.2) is 326 Å². The number of carbonyl (C=O) groups excluding carboxylic acids is 15. The summed E-state index contributed by atoms with van der Waals surface area (Å²) in [6.45, 7) is -6.70. The summed E-state index contributed by atoms with van der Waals surface area (Å²) in [5, 5.41) is 135. The Labute approximate surface area is 612 Å². The topological polar surface area (TPSA) is 698 Å². The highest BCUT2D eigenvalue weighted by Gasteiger charge is 2.56. The van der Waals surface area contributed by atoms with Gasteiger partial charge in [0.15, 0.2) is 12.2 Å². The molecule has 45 nitrogen and oxygen atoms in total. The molecule has 0 radical (unpaired) electrons. The number of nitrogens with one attached hydrogen (secondary N) is 15. The zero-order chi connectivity index (χ0) is 79.4. The molecule has 3 heterocycles. The first-order chi connectivity index (χ1) is 50.9. The van der Waals surface area contributed by atoms with Gasteiger partial charge >= 0.3 is 11.9 Å². The second-order valence-corrected chi connectivity index (χ2v) is 26.2. The highest BCUT2D eigenvalue weighted by molar-refractivity contribution is 5.99. The fourth-order valence-electron chi connectivity index (χ4n) is 12.7. The van der Waals surface area contributed by atoms with Gasteiger partial charge in [0.1, 0.15) is 54.4 Å². The number of carboxylic acids is 2. The van der Waals surface area contributed by atoms with Crippen LogP contribution < -0.4 is 85.1 Å². The first-order valence-electron chi connectivity index (χ1n) is 35.1. The van der Waals surface area contributed by atoms with Gasteiger partial charge in [-0.3, -0.25) is 97.2 Å². The van der Waals surface area contributed by atoms with Crippen LogP contribution in [0.2, 0.25) is 0 Å². The molecule has 1 saturated carbocycles. The average molecular weight is 1530 g/mol. The van der Waals surface area contributed by atoms with Gasteiger partial charge in [0.25, 0.3) is 5.91 Å². The molecular formula is C62H103N18O27+. The second kappa shape index (κ2) is 46.6. The smallest absolute Gasteiger partial charge is 0.303 e. The summed E-state index contributed by atoms with van der Waals surface area (Å²) in [6.07, 6.45) is -4.95. The summed E-state index contributed by atoms with van der Waals surface area (Å²) in [6, 6.07) is -17.2. The van der Waals surface area contributed by atoms with Crippen LogP contribution >= 0.6 is 0 Å². The molecule has 0 aromatic carbocycles. The number of hydroxylamine groups is 4. The first-order valence-corrected chi connectivity index (χ1v) is 35.1. The Balaban J connectivity index is 1.42. The van der Waals surface area contributed by atoms with Crippen LogP contribution in [0.4, 0.5) is 0 Å². The number of aliphatic hydroxyl groups is 6. The van der Waals surface area contributed by atoms with E-state index in [-0.39, 0.29) is 132 Å². The molecule has 7 unspecified atom stereocenters. The van der Waals surface area contributed by atoms with Crippen molar-refractivity contribution in [2.45, 2.75) is 206 Å². The number of piperidine rings is 1. The van der Waals surface area contributed by atoms with E-state index < -0.39 is 251 Å². The molecule has 602 valence electrons. The number of carbonyl (C=O) groups is 17. The van der Waals surface area contributed by atoms with Gasteiger partial charge in [-0.15, -0.1) is 0 Å². The van der Waals surface area contributed by atoms with Gasteiger partial charge in [-0.05, 0) is 90.0 Å². The molecule has 4 rings (SSSR count). The van der Waals surface area contributed by atoms with Crippen molar-refractivity contribution < 1.29 is 138 Å². The maximum atomic E-state index is 14.3. The van der Waals surface area contributed by atoms with E-state index in [0.29, 0.717) is 17.7 Å². The van der Waals surface area contributed by atoms with Crippen molar-refractivity contribution >= 4 is 102 Å². The Kier molecular flexibility index (Phi) is 39.2. The van der Waals surface area contributed by atoms with E-state index in [1.165, 1.54) is 0 Å². The molecule has 4 fully saturated rings. The second-order valence-electron chi connectivity index (χ2n) is 26.2. The molecule has 1 aliphatic carbocycles. The van der Waals surface area contributed by atoms with Crippen molar-refractivity contribution in [3.05, 3.63) is 0 Å². The number of fused-ring (bicyclic) bond motifs is 3. The summed E-state index contributed by atoms with van der Waals surface area (Å²) in [5.41, 5.74) is 5.70. The molecule has 0 aromatic heterocycles. The van der Waals surface area contributed by atoms with Crippen LogP contribution in [0.25, 0.3) is 0 Å². The summed E-state index contributed by atoms with van der Waals surface area (Å²) in [7, 11) is 0. The van der Waals surface area contributed by atoms with Crippen LogP contribution in [0.1, 0.15) is 116 Å². The molecule has 45 heteroatoms. The molecule has 3 aliphatic heterocycles. The predicted molar refractivity (Wildman–Crippen MR) is 359 cm³/mol. The van der Waals surface area contributed by atoms with Crippen molar-refractivity contribution in [2.75, 3.05) is 72.2 Å². The van der Waals surface area contributed by atoms with Crippen LogP contribution in [0, 0.1) is 5.92 Å². The van der Waals surface area contributed by atoms with Crippen molar-refractivity contribution in [1.29, 1.82) is 0 Å². The number of quaternary nitrogens is 1. The van der Waals surface area contributed by atoms with Crippen molar-refractivity contribution in [1.82, 2.24) is 84.6 Å². The first kappa shape index (κ1) is 89.9. The fourth-order valence-corrected chi connectivity index (χ4v) is 12.7. The zero-order valence-corrected chi connectivity index (χ0v) is 58.8. The molecule has 0 aromatic rings. The molecule has 107 heavy (non-hydrogen) atoms. The number of amides is 15. The number of nitrogens with two attached hydrogens (primary N) is 1. The molecule has 0 spiro atoms. The molecule has 3 saturated heterocycles. The Morgan fingerprint density at radius 2 is 1.07 bits per heavy atom. The van der Waals surface area contributed by atoms with Crippen LogP contribution in [-0.2, 0) is 81.5 Å². The van der Waals surface area contributed by atoms with Crippen molar-refractivity contribution in [2.24, 2.45) is 11.7 Å². The zero-order valence-electron chi connectivity index (χ0n) is 58.8. The van der Waals surface area contributed by atoms with E-state index in [2.05, 4.69) is 74.4 Å². The largest absolute Gasteiger partial charge is 0.481 e. The summed E-state index contributed by atoms with van der Waals surface area (Å²) in [5.74, 6) is -16.3. The SMILES string of the molecule is NCCCC[C@H](NC(=O)[C@@H](CO)NC(=O)[C@@H]1CCNC2C(NC(=O)CCC(=O)O)CC3CC(O)C(O)CC3[NH+]21)C(=O)NCC(=O)N[C@@H](CCCN(O)C=O)C(=O)N[C@H](CO)C(=O)N[C@@H](CO)C(=O)NCC(=O)N[C@H]1CCCCNC(=O)[C@H](CO)NC(=O)[C@H](CCC(=O)O)NC(=O)[C@@H](CCCN(O)C=O)NC1=O. The standard InChI is InChI=1S/C62H102N18O27/c63-16-3-1-7-33(71-60(103)42(29-84)77-62(105)43-15-18-64-52-38(70-47(89)12-14-51(94)95)21-32-22-45(87)46(88)23-44(32)80(43)52)53(96)66-24-48(90)69-35(9-5-19-78(106)30-85)57(100)76-41(28-83)61(104)75-40(27-82)55(98)67-25-49(91)68-34-8-2-4-17-65-54(97)39(26-81)74-59(102)37(11-13-50(92)93)73-58(101)36(72-56(34)99)10-6-20-79(107)31-86/h30-46,52,64,81-84,87-88,106-107H,1-29,63H2,(H,65,97)(H,66,96)(H,67,98)(H,68,91)(H,69,90)(H,70,89)(H,71,103)(H,72,99)(H,73,101)(H,74,102)(H,75,104)(H,76,100)(H,77,105)(H,92,93)(H,94,95)/p+1/t32?,33-,34-,35-,36+,37-,38?,39-,40-,41+,42+,43-,44?,45?,46?,52?/m0/s1. The third-order valence-corrected chi connectivity index (χ3v) is 18.4. The van der Waals surface area contributed by atoms with E-state index in [0.717, 1.165) is 0 Å². The predicted octanol–water partition coefficient (Wildman–Crippen LogP) is -14.1. The number of aliphatic hydroxyl groups excluding tert-OH is 6. The van der Waals surface area contributed by atoms with Gasteiger partial charge in [-0.2, -0.15) is 0 Å². The van der Waals surface area contributed by atoms with Crippen molar-refractivity contribution in [3.8, 4) is 0 Å². The quantitative estimate of drug-likeness (QED) is 0.0117. The summed E-state index contributed by atoms with van der Waals surface area (Å²) >= 11 is 0. The number of rotatable bonds is 41. The monoisotopic (exact) mass is 1530 g/mol. The number of hydrogen-bond acceptors (Lipinski definition) is 27. The summed E-state index contributed by atoms with van der Waals surface area (Å²) < 4.78 is 0. The van der Waals surface area contributed by atoms with E-state index in [1.54, 1.807) is 0 Å². The van der Waals surface area contributed by atoms with E-state index in [1.807, 2.05) is 0 Å². The summed E-state index contributed by atoms with van der Waals surface area (Å²) in [4.78, 5) is 222. The molecule has 15 amide bonds. The lowest BCUT2D eigenvalue weighted by Crippen LogP contribution is -3.29. The lowest BCUT2D eigenvalue weighted by atomic mass is 9.72. The van der Waals surface area contributed by atoms with Crippen LogP contribution in [0.5, 0.6) is 0 Å². The van der Waals surface area contributed by atoms with Gasteiger partial charge in [-0.1, -0.05) is 0 Å². The van der Waals surface area contributed by atoms with Gasteiger partial charge in [0, 0.05) is 57.8 Å². The minimum atomic E-state index is -1.97. The van der Waals surface area contributed by atoms with E-state index in [4.69, 9.17) is 10.8 Å². The maximum Gasteiger partial charge on any atom is 0.303 e. The Bertz CT molecular complexity index is 3070. The number of aliphatic carboxylic acids is 2. The number of hydrogen-bond donors (Lipinski definition) is 26. The van der Waals surface area contributed by atoms with Gasteiger partial charge < -0.3 is 121 Å². The third-order valence-electron chi connectivity index (χ3n) is 18.4. The third kappa shape index (κ3) is 30.0. The Hall–Kier alpha value is -9.45. The highest BCUT2D eigenvalue weighted by Crippen LogP contribution is 2.32. The fraction of sp³-hybridized carbons (Fsp3) is 0.726. The highest BCUT2D eigenvalue weighted by atomic mass is 16.5. The Morgan fingerprint density at radius 1 is 0.542 bits per heavy atom. The molecule has 4 aliphatic rings. The number of carboxylic acid groups (broad SMARTS) is 2. The van der Waals surface area contributed by atoms with Crippen molar-refractivity contribution in [3.63, 3.8) is 0 Å². The number of unbranched alkanes of at least 4 members (excludes halogenated alkanes) is 1. The maximum absolute atomic E-state index is 14.3.